The van der Waals surface area contributed by atoms with Gasteiger partial charge in [0.2, 0.25) is 5.91 Å². The molecule has 4 aromatic rings. The fraction of sp³-hybridized carbons (Fsp3) is 0.300. The molecule has 4 aromatic heterocycles. The summed E-state index contributed by atoms with van der Waals surface area (Å²) in [6.07, 6.45) is -3.52. The number of amides is 1. The average molecular weight is 513 g/mol. The van der Waals surface area contributed by atoms with E-state index in [0.29, 0.717) is 0 Å². The van der Waals surface area contributed by atoms with Crippen molar-refractivity contribution in [2.45, 2.75) is 37.3 Å². The molecule has 9 nitrogen and oxygen atoms in total. The fourth-order valence-corrected chi connectivity index (χ4v) is 4.42. The zero-order chi connectivity index (χ0) is 25.1. The molecule has 182 valence electrons. The van der Waals surface area contributed by atoms with E-state index < -0.39 is 41.8 Å². The van der Waals surface area contributed by atoms with Crippen molar-refractivity contribution in [3.05, 3.63) is 58.9 Å². The molecule has 1 amide bonds. The first-order valence-corrected chi connectivity index (χ1v) is 10.4. The lowest BCUT2D eigenvalue weighted by Gasteiger charge is -2.28. The molecule has 0 unspecified atom stereocenters. The summed E-state index contributed by atoms with van der Waals surface area (Å²) in [6, 6.07) is 2.28. The van der Waals surface area contributed by atoms with Gasteiger partial charge in [-0.3, -0.25) is 4.79 Å². The van der Waals surface area contributed by atoms with Crippen LogP contribution in [0.2, 0.25) is 5.15 Å². The predicted molar refractivity (Wildman–Crippen MR) is 112 cm³/mol. The molecule has 15 heteroatoms. The second kappa shape index (κ2) is 7.93. The normalized spacial score (nSPS) is 19.9. The Balaban J connectivity index is 1.53. The Morgan fingerprint density at radius 1 is 1.20 bits per heavy atom. The van der Waals surface area contributed by atoms with Gasteiger partial charge in [-0.25, -0.2) is 23.3 Å². The van der Waals surface area contributed by atoms with Crippen LogP contribution in [0.25, 0.3) is 11.5 Å². The minimum Gasteiger partial charge on any atom is -0.324 e. The number of pyridine rings is 1. The zero-order valence-electron chi connectivity index (χ0n) is 17.6. The molecule has 0 aromatic carbocycles. The number of rotatable bonds is 4. The molecule has 2 atom stereocenters. The average Bonchev–Trinajstić information content (AvgIpc) is 3.50. The second-order valence-electron chi connectivity index (χ2n) is 8.13. The van der Waals surface area contributed by atoms with Gasteiger partial charge in [-0.15, -0.1) is 4.80 Å². The van der Waals surface area contributed by atoms with Gasteiger partial charge in [0.25, 0.3) is 6.43 Å². The van der Waals surface area contributed by atoms with Gasteiger partial charge in [0.15, 0.2) is 16.6 Å². The minimum absolute atomic E-state index is 0.00833. The van der Waals surface area contributed by atoms with E-state index in [1.807, 2.05) is 0 Å². The highest BCUT2D eigenvalue weighted by Crippen LogP contribution is 2.54. The summed E-state index contributed by atoms with van der Waals surface area (Å²) in [5.41, 5.74) is -3.29. The number of fused-ring (bicyclic) bond motifs is 3. The number of hydrogen-bond acceptors (Lipinski definition) is 6. The molecule has 4 heterocycles. The SMILES string of the molecule is C[C@]1(C(F)(F)F)C[C@H](C(=O)Nc2cnc(-n3nccn3)c(C(F)F)c2)c2cnc3cc(Cl)nn3c21. The molecule has 0 aliphatic heterocycles. The van der Waals surface area contributed by atoms with Crippen LogP contribution in [0.4, 0.5) is 27.6 Å². The standard InChI is InChI=1S/C20H14ClF5N8O/c1-19(20(24,25)26)6-11(12-8-27-14-5-13(21)32-33(14)15(12)19)18(35)31-9-4-10(16(22)23)17(28-7-9)34-29-2-3-30-34/h2-5,7-8,11,16H,6H2,1H3,(H,31,35)/t11-,19-/m0/s1. The van der Waals surface area contributed by atoms with Crippen molar-refractivity contribution < 1.29 is 26.7 Å². The third kappa shape index (κ3) is 3.68. The van der Waals surface area contributed by atoms with Gasteiger partial charge in [0, 0.05) is 17.8 Å². The molecule has 35 heavy (non-hydrogen) atoms. The maximum absolute atomic E-state index is 14.2. The Kier molecular flexibility index (Phi) is 5.23. The first-order valence-electron chi connectivity index (χ1n) is 10.1. The van der Waals surface area contributed by atoms with E-state index in [2.05, 4.69) is 30.6 Å². The highest BCUT2D eigenvalue weighted by atomic mass is 35.5. The number of carbonyl (C=O) groups is 1. The topological polar surface area (TPSA) is 103 Å². The highest BCUT2D eigenvalue weighted by Gasteiger charge is 2.60. The van der Waals surface area contributed by atoms with Crippen molar-refractivity contribution in [1.29, 1.82) is 0 Å². The fourth-order valence-electron chi connectivity index (χ4n) is 4.25. The lowest BCUT2D eigenvalue weighted by atomic mass is 9.85. The summed E-state index contributed by atoms with van der Waals surface area (Å²) in [7, 11) is 0. The monoisotopic (exact) mass is 512 g/mol. The number of nitrogens with one attached hydrogen (secondary N) is 1. The van der Waals surface area contributed by atoms with Gasteiger partial charge in [-0.1, -0.05) is 11.6 Å². The number of aromatic nitrogens is 7. The van der Waals surface area contributed by atoms with Gasteiger partial charge in [-0.2, -0.15) is 28.5 Å². The Morgan fingerprint density at radius 2 is 1.91 bits per heavy atom. The maximum Gasteiger partial charge on any atom is 0.399 e. The first kappa shape index (κ1) is 23.1. The van der Waals surface area contributed by atoms with Crippen molar-refractivity contribution in [1.82, 2.24) is 34.6 Å². The number of hydrogen-bond donors (Lipinski definition) is 1. The molecule has 0 saturated heterocycles. The van der Waals surface area contributed by atoms with Gasteiger partial charge >= 0.3 is 6.18 Å². The van der Waals surface area contributed by atoms with Gasteiger partial charge in [-0.05, 0) is 19.4 Å². The molecular formula is C20H14ClF5N8O. The molecule has 1 aliphatic rings. The minimum atomic E-state index is -4.73. The van der Waals surface area contributed by atoms with Crippen LogP contribution in [0.5, 0.6) is 0 Å². The van der Waals surface area contributed by atoms with Crippen LogP contribution in [-0.2, 0) is 10.2 Å². The van der Waals surface area contributed by atoms with Crippen molar-refractivity contribution >= 4 is 28.8 Å². The second-order valence-corrected chi connectivity index (χ2v) is 8.52. The highest BCUT2D eigenvalue weighted by molar-refractivity contribution is 6.29. The molecule has 5 rings (SSSR count). The van der Waals surface area contributed by atoms with Crippen LogP contribution < -0.4 is 5.32 Å². The van der Waals surface area contributed by atoms with Crippen molar-refractivity contribution in [3.8, 4) is 5.82 Å². The van der Waals surface area contributed by atoms with Gasteiger partial charge < -0.3 is 5.32 Å². The summed E-state index contributed by atoms with van der Waals surface area (Å²) in [5, 5.41) is 13.8. The van der Waals surface area contributed by atoms with Crippen molar-refractivity contribution in [3.63, 3.8) is 0 Å². The van der Waals surface area contributed by atoms with Crippen LogP contribution >= 0.6 is 11.6 Å². The Morgan fingerprint density at radius 3 is 2.57 bits per heavy atom. The van der Waals surface area contributed by atoms with Crippen LogP contribution in [0, 0.1) is 0 Å². The van der Waals surface area contributed by atoms with E-state index in [4.69, 9.17) is 11.6 Å². The molecule has 1 aliphatic carbocycles. The molecule has 0 radical (unpaired) electrons. The molecule has 0 saturated carbocycles. The largest absolute Gasteiger partial charge is 0.399 e. The Bertz CT molecular complexity index is 1440. The van der Waals surface area contributed by atoms with Crippen LogP contribution in [-0.4, -0.2) is 46.7 Å². The third-order valence-corrected chi connectivity index (χ3v) is 6.13. The number of halogens is 6. The third-order valence-electron chi connectivity index (χ3n) is 5.94. The van der Waals surface area contributed by atoms with E-state index in [1.165, 1.54) is 24.7 Å². The van der Waals surface area contributed by atoms with E-state index in [1.54, 1.807) is 0 Å². The molecule has 0 fully saturated rings. The summed E-state index contributed by atoms with van der Waals surface area (Å²) < 4.78 is 70.9. The van der Waals surface area contributed by atoms with E-state index in [0.717, 1.165) is 28.5 Å². The molecule has 0 bridgehead atoms. The first-order chi connectivity index (χ1) is 16.5. The summed E-state index contributed by atoms with van der Waals surface area (Å²) in [5.74, 6) is -2.38. The number of carbonyl (C=O) groups excluding carboxylic acids is 1. The Hall–Kier alpha value is -3.68. The van der Waals surface area contributed by atoms with E-state index in [-0.39, 0.29) is 33.6 Å². The zero-order valence-corrected chi connectivity index (χ0v) is 18.4. The number of anilines is 1. The molecule has 0 spiro atoms. The van der Waals surface area contributed by atoms with Gasteiger partial charge in [0.05, 0.1) is 41.5 Å². The maximum atomic E-state index is 14.2. The van der Waals surface area contributed by atoms with Gasteiger partial charge in [0.1, 0.15) is 5.41 Å². The lowest BCUT2D eigenvalue weighted by Crippen LogP contribution is -2.39. The summed E-state index contributed by atoms with van der Waals surface area (Å²) in [6.45, 7) is 0.969. The number of nitrogens with zero attached hydrogens (tertiary/aromatic N) is 7. The molecular weight excluding hydrogens is 499 g/mol. The molecule has 1 N–H and O–H groups in total. The van der Waals surface area contributed by atoms with E-state index >= 15 is 0 Å². The van der Waals surface area contributed by atoms with Crippen LogP contribution in [0.15, 0.2) is 36.9 Å². The quantitative estimate of drug-likeness (QED) is 0.410. The predicted octanol–water partition coefficient (Wildman–Crippen LogP) is 4.24. The summed E-state index contributed by atoms with van der Waals surface area (Å²) in [4.78, 5) is 22.0. The Labute approximate surface area is 197 Å². The van der Waals surface area contributed by atoms with Crippen LogP contribution in [0.1, 0.15) is 42.5 Å². The number of alkyl halides is 5. The smallest absolute Gasteiger partial charge is 0.324 e. The van der Waals surface area contributed by atoms with E-state index in [9.17, 15) is 26.7 Å². The van der Waals surface area contributed by atoms with Crippen LogP contribution in [0.3, 0.4) is 0 Å². The van der Waals surface area contributed by atoms with Crippen molar-refractivity contribution in [2.24, 2.45) is 0 Å². The lowest BCUT2D eigenvalue weighted by molar-refractivity contribution is -0.187. The van der Waals surface area contributed by atoms with Crippen molar-refractivity contribution in [2.75, 3.05) is 5.32 Å². The summed E-state index contributed by atoms with van der Waals surface area (Å²) >= 11 is 5.88.